The first-order chi connectivity index (χ1) is 19.9. The SMILES string of the molecule is c1ccc(N2C(c3ncccn3)=C(c3cnccn3)NC(c3ccnnn3)(c3ccn[nH]3)N2c2cnsn2)nc1. The van der Waals surface area contributed by atoms with Crippen LogP contribution in [0.2, 0.25) is 0 Å². The molecule has 16 heteroatoms. The number of nitrogens with zero attached hydrogens (tertiary/aromatic N) is 13. The summed E-state index contributed by atoms with van der Waals surface area (Å²) in [5.41, 5.74) is 1.33. The Balaban J connectivity index is 1.65. The molecular formula is C24H17N15S. The van der Waals surface area contributed by atoms with Crippen LogP contribution in [0, 0.1) is 0 Å². The Morgan fingerprint density at radius 3 is 2.42 bits per heavy atom. The van der Waals surface area contributed by atoms with Crippen LogP contribution in [0.4, 0.5) is 11.6 Å². The molecule has 0 aromatic carbocycles. The molecule has 0 fully saturated rings. The Kier molecular flexibility index (Phi) is 5.74. The van der Waals surface area contributed by atoms with Gasteiger partial charge in [0.2, 0.25) is 5.66 Å². The molecule has 0 amide bonds. The molecule has 6 aromatic rings. The predicted octanol–water partition coefficient (Wildman–Crippen LogP) is 1.68. The van der Waals surface area contributed by atoms with E-state index in [1.165, 1.54) is 0 Å². The maximum absolute atomic E-state index is 4.72. The van der Waals surface area contributed by atoms with E-state index in [-0.39, 0.29) is 0 Å². The summed E-state index contributed by atoms with van der Waals surface area (Å²) in [5, 5.41) is 27.1. The minimum absolute atomic E-state index is 0.397. The minimum atomic E-state index is -1.34. The molecule has 0 saturated carbocycles. The van der Waals surface area contributed by atoms with Crippen LogP contribution >= 0.6 is 11.7 Å². The molecule has 40 heavy (non-hydrogen) atoms. The van der Waals surface area contributed by atoms with E-state index in [0.29, 0.717) is 45.9 Å². The number of hydrogen-bond acceptors (Lipinski definition) is 15. The van der Waals surface area contributed by atoms with Gasteiger partial charge in [0, 0.05) is 37.2 Å². The highest BCUT2D eigenvalue weighted by Crippen LogP contribution is 2.46. The van der Waals surface area contributed by atoms with Gasteiger partial charge in [-0.25, -0.2) is 25.0 Å². The van der Waals surface area contributed by atoms with Crippen molar-refractivity contribution in [2.24, 2.45) is 0 Å². The normalized spacial score (nSPS) is 17.1. The number of H-pyrrole nitrogens is 1. The molecule has 0 spiro atoms. The van der Waals surface area contributed by atoms with Crippen LogP contribution in [0.1, 0.15) is 22.9 Å². The summed E-state index contributed by atoms with van der Waals surface area (Å²) in [6.45, 7) is 0. The Morgan fingerprint density at radius 1 is 0.800 bits per heavy atom. The molecule has 7 rings (SSSR count). The maximum Gasteiger partial charge on any atom is 0.220 e. The van der Waals surface area contributed by atoms with Crippen LogP contribution in [0.15, 0.2) is 92.2 Å². The molecule has 1 aliphatic rings. The van der Waals surface area contributed by atoms with Crippen molar-refractivity contribution in [3.8, 4) is 0 Å². The lowest BCUT2D eigenvalue weighted by molar-refractivity contribution is 0.390. The highest BCUT2D eigenvalue weighted by Gasteiger charge is 2.54. The first-order valence-corrected chi connectivity index (χ1v) is 12.6. The molecule has 194 valence electrons. The third kappa shape index (κ3) is 3.78. The van der Waals surface area contributed by atoms with Crippen LogP contribution in [-0.2, 0) is 5.66 Å². The molecule has 1 aliphatic heterocycles. The lowest BCUT2D eigenvalue weighted by Crippen LogP contribution is -2.67. The van der Waals surface area contributed by atoms with Crippen molar-refractivity contribution < 1.29 is 0 Å². The highest BCUT2D eigenvalue weighted by atomic mass is 32.1. The van der Waals surface area contributed by atoms with Gasteiger partial charge in [-0.3, -0.25) is 15.1 Å². The Bertz CT molecular complexity index is 1720. The molecule has 1 unspecified atom stereocenters. The van der Waals surface area contributed by atoms with Crippen LogP contribution in [0.25, 0.3) is 11.4 Å². The molecule has 7 heterocycles. The molecule has 15 nitrogen and oxygen atoms in total. The highest BCUT2D eigenvalue weighted by molar-refractivity contribution is 6.99. The zero-order valence-electron chi connectivity index (χ0n) is 20.4. The number of pyridine rings is 1. The molecule has 0 saturated heterocycles. The summed E-state index contributed by atoms with van der Waals surface area (Å²) in [5.74, 6) is 1.41. The van der Waals surface area contributed by atoms with E-state index in [0.717, 1.165) is 11.7 Å². The number of rotatable bonds is 6. The van der Waals surface area contributed by atoms with E-state index in [1.54, 1.807) is 67.9 Å². The van der Waals surface area contributed by atoms with Gasteiger partial charge in [0.25, 0.3) is 0 Å². The van der Waals surface area contributed by atoms with E-state index >= 15 is 0 Å². The molecule has 0 aliphatic carbocycles. The van der Waals surface area contributed by atoms with Gasteiger partial charge in [0.15, 0.2) is 17.5 Å². The van der Waals surface area contributed by atoms with Crippen LogP contribution < -0.4 is 15.3 Å². The molecule has 2 N–H and O–H groups in total. The van der Waals surface area contributed by atoms with Gasteiger partial charge in [-0.15, -0.1) is 10.2 Å². The van der Waals surface area contributed by atoms with Crippen molar-refractivity contribution in [3.05, 3.63) is 115 Å². The third-order valence-electron chi connectivity index (χ3n) is 6.07. The van der Waals surface area contributed by atoms with E-state index in [4.69, 9.17) is 4.98 Å². The van der Waals surface area contributed by atoms with Gasteiger partial charge < -0.3 is 5.32 Å². The summed E-state index contributed by atoms with van der Waals surface area (Å²) >= 11 is 1.06. The second kappa shape index (κ2) is 9.84. The summed E-state index contributed by atoms with van der Waals surface area (Å²) in [7, 11) is 0. The zero-order valence-corrected chi connectivity index (χ0v) is 21.2. The topological polar surface area (TPSA) is 176 Å². The summed E-state index contributed by atoms with van der Waals surface area (Å²) < 4.78 is 8.94. The van der Waals surface area contributed by atoms with Crippen molar-refractivity contribution in [1.82, 2.24) is 64.6 Å². The molecule has 0 radical (unpaired) electrons. The smallest absolute Gasteiger partial charge is 0.220 e. The fourth-order valence-electron chi connectivity index (χ4n) is 4.50. The first-order valence-electron chi connectivity index (χ1n) is 11.9. The third-order valence-corrected chi connectivity index (χ3v) is 6.53. The number of anilines is 2. The fraction of sp³-hybridized carbons (Fsp3) is 0.0417. The monoisotopic (exact) mass is 547 g/mol. The minimum Gasteiger partial charge on any atom is -0.347 e. The number of aromatic nitrogens is 12. The first kappa shape index (κ1) is 23.4. The van der Waals surface area contributed by atoms with Crippen LogP contribution in [-0.4, -0.2) is 59.3 Å². The summed E-state index contributed by atoms with van der Waals surface area (Å²) in [4.78, 5) is 22.9. The second-order valence-electron chi connectivity index (χ2n) is 8.28. The van der Waals surface area contributed by atoms with E-state index in [1.807, 2.05) is 34.3 Å². The quantitative estimate of drug-likeness (QED) is 0.308. The molecular weight excluding hydrogens is 530 g/mol. The van der Waals surface area contributed by atoms with Gasteiger partial charge in [0.1, 0.15) is 17.1 Å². The van der Waals surface area contributed by atoms with Crippen molar-refractivity contribution in [2.75, 3.05) is 10.0 Å². The van der Waals surface area contributed by atoms with E-state index in [9.17, 15) is 0 Å². The number of hydrogen-bond donors (Lipinski definition) is 2. The van der Waals surface area contributed by atoms with E-state index in [2.05, 4.69) is 59.6 Å². The van der Waals surface area contributed by atoms with Gasteiger partial charge in [-0.1, -0.05) is 6.07 Å². The summed E-state index contributed by atoms with van der Waals surface area (Å²) in [6.07, 6.45) is 14.8. The number of aromatic amines is 1. The standard InChI is InChI=1S/C24H17N15S/c1-2-7-27-19(4-1)38-22(23-28-8-3-9-29-23)21(16-14-25-12-13-26-16)33-24(17-5-10-30-34-17,18-6-11-31-37-35-18)39(38)20-15-32-40-36-20/h1-15,33H,(H,30,34). The van der Waals surface area contributed by atoms with Crippen molar-refractivity contribution in [3.63, 3.8) is 0 Å². The molecule has 0 bridgehead atoms. The summed E-state index contributed by atoms with van der Waals surface area (Å²) in [6, 6.07) is 10.9. The average molecular weight is 548 g/mol. The molecule has 6 aromatic heterocycles. The maximum atomic E-state index is 4.72. The van der Waals surface area contributed by atoms with Gasteiger partial charge >= 0.3 is 0 Å². The van der Waals surface area contributed by atoms with E-state index < -0.39 is 5.66 Å². The fourth-order valence-corrected chi connectivity index (χ4v) is 4.89. The van der Waals surface area contributed by atoms with Crippen LogP contribution in [0.3, 0.4) is 0 Å². The second-order valence-corrected chi connectivity index (χ2v) is 8.83. The Morgan fingerprint density at radius 2 is 1.73 bits per heavy atom. The number of nitrogens with one attached hydrogen (secondary N) is 2. The Hall–Kier alpha value is -5.77. The molecule has 1 atom stereocenters. The Labute approximate surface area is 230 Å². The van der Waals surface area contributed by atoms with Crippen molar-refractivity contribution >= 4 is 34.8 Å². The van der Waals surface area contributed by atoms with Gasteiger partial charge in [-0.05, 0) is 35.5 Å². The average Bonchev–Trinajstić information content (AvgIpc) is 3.78. The largest absolute Gasteiger partial charge is 0.347 e. The lowest BCUT2D eigenvalue weighted by Gasteiger charge is -2.52. The lowest BCUT2D eigenvalue weighted by atomic mass is 9.96. The predicted molar refractivity (Wildman–Crippen MR) is 142 cm³/mol. The van der Waals surface area contributed by atoms with Gasteiger partial charge in [-0.2, -0.15) is 13.8 Å². The zero-order chi connectivity index (χ0) is 26.8. The van der Waals surface area contributed by atoms with Crippen molar-refractivity contribution in [2.45, 2.75) is 5.66 Å². The van der Waals surface area contributed by atoms with Gasteiger partial charge in [0.05, 0.1) is 41.7 Å². The number of hydrazine groups is 1. The van der Waals surface area contributed by atoms with Crippen molar-refractivity contribution in [1.29, 1.82) is 0 Å². The van der Waals surface area contributed by atoms with Crippen LogP contribution in [0.5, 0.6) is 0 Å².